The Bertz CT molecular complexity index is 1210. The summed E-state index contributed by atoms with van der Waals surface area (Å²) in [6.45, 7) is 6.42. The zero-order valence-electron chi connectivity index (χ0n) is 24.2. The molecule has 244 valence electrons. The number of carboxylic acid groups (broad SMARTS) is 2. The van der Waals surface area contributed by atoms with Crippen molar-refractivity contribution in [2.75, 3.05) is 33.3 Å². The fraction of sp³-hybridized carbons (Fsp3) is 0.517. The molecule has 0 radical (unpaired) electrons. The summed E-state index contributed by atoms with van der Waals surface area (Å²) in [5.41, 5.74) is 3.48. The number of halogens is 6. The van der Waals surface area contributed by atoms with Gasteiger partial charge >= 0.3 is 24.3 Å². The molecule has 0 aliphatic carbocycles. The van der Waals surface area contributed by atoms with Crippen LogP contribution in [0, 0.1) is 5.41 Å². The third-order valence-electron chi connectivity index (χ3n) is 7.20. The fourth-order valence-corrected chi connectivity index (χ4v) is 4.97. The van der Waals surface area contributed by atoms with Gasteiger partial charge in [0.25, 0.3) is 5.91 Å². The number of likely N-dealkylation sites (N-methyl/N-ethyl adjacent to an activating group) is 1. The molecule has 9 nitrogen and oxygen atoms in total. The second-order valence-corrected chi connectivity index (χ2v) is 10.6. The number of likely N-dealkylation sites (tertiary alicyclic amines) is 1. The van der Waals surface area contributed by atoms with Crippen LogP contribution in [0.4, 0.5) is 26.3 Å². The molecule has 2 aliphatic rings. The van der Waals surface area contributed by atoms with Gasteiger partial charge in [0.2, 0.25) is 0 Å². The van der Waals surface area contributed by atoms with E-state index in [2.05, 4.69) is 36.0 Å². The average Bonchev–Trinajstić information content (AvgIpc) is 3.34. The topological polar surface area (TPSA) is 120 Å². The largest absolute Gasteiger partial charge is 0.490 e. The van der Waals surface area contributed by atoms with E-state index >= 15 is 0 Å². The molecule has 1 unspecified atom stereocenters. The van der Waals surface area contributed by atoms with Gasteiger partial charge in [-0.05, 0) is 61.4 Å². The summed E-state index contributed by atoms with van der Waals surface area (Å²) in [6, 6.07) is 12.1. The number of aryl methyl sites for hydroxylation is 1. The van der Waals surface area contributed by atoms with Crippen LogP contribution >= 0.6 is 0 Å². The van der Waals surface area contributed by atoms with Crippen LogP contribution in [0.3, 0.4) is 0 Å². The SMILES string of the molecule is CCc1ccccc1C(=O)N1CCC2(CC1)COC(CN(C)Cc1cccnc1)C2.O=C(O)C(F)(F)F.O=C(O)C(F)(F)F. The lowest BCUT2D eigenvalue weighted by Crippen LogP contribution is -2.44. The highest BCUT2D eigenvalue weighted by Gasteiger charge is 2.43. The van der Waals surface area contributed by atoms with Gasteiger partial charge in [-0.2, -0.15) is 26.3 Å². The number of hydrogen-bond acceptors (Lipinski definition) is 6. The summed E-state index contributed by atoms with van der Waals surface area (Å²) < 4.78 is 69.7. The van der Waals surface area contributed by atoms with Gasteiger partial charge in [-0.3, -0.25) is 14.7 Å². The molecule has 0 saturated carbocycles. The van der Waals surface area contributed by atoms with Gasteiger partial charge in [0.05, 0.1) is 12.7 Å². The number of carbonyl (C=O) groups is 3. The number of rotatable bonds is 6. The van der Waals surface area contributed by atoms with Crippen molar-refractivity contribution in [1.82, 2.24) is 14.8 Å². The molecular weight excluding hydrogens is 600 g/mol. The predicted octanol–water partition coefficient (Wildman–Crippen LogP) is 5.05. The molecule has 2 saturated heterocycles. The van der Waals surface area contributed by atoms with Crippen LogP contribution in [0.1, 0.15) is 47.7 Å². The first-order chi connectivity index (χ1) is 20.5. The number of pyridine rings is 1. The molecule has 1 amide bonds. The van der Waals surface area contributed by atoms with E-state index in [1.54, 1.807) is 0 Å². The van der Waals surface area contributed by atoms with Crippen LogP contribution in [0.2, 0.25) is 0 Å². The number of aromatic nitrogens is 1. The Balaban J connectivity index is 0.000000402. The number of carboxylic acids is 2. The minimum Gasteiger partial charge on any atom is -0.475 e. The lowest BCUT2D eigenvalue weighted by molar-refractivity contribution is -0.193. The van der Waals surface area contributed by atoms with Crippen molar-refractivity contribution < 1.29 is 55.7 Å². The number of amides is 1. The lowest BCUT2D eigenvalue weighted by atomic mass is 9.76. The number of carbonyl (C=O) groups excluding carboxylic acids is 1. The summed E-state index contributed by atoms with van der Waals surface area (Å²) in [5, 5.41) is 14.2. The number of ether oxygens (including phenoxy) is 1. The van der Waals surface area contributed by atoms with Crippen molar-refractivity contribution in [2.45, 2.75) is 57.6 Å². The minimum atomic E-state index is -5.08. The van der Waals surface area contributed by atoms with Gasteiger partial charge in [0, 0.05) is 44.1 Å². The van der Waals surface area contributed by atoms with Gasteiger partial charge in [-0.15, -0.1) is 0 Å². The zero-order valence-corrected chi connectivity index (χ0v) is 24.2. The Morgan fingerprint density at radius 3 is 2.07 bits per heavy atom. The number of nitrogens with zero attached hydrogens (tertiary/aromatic N) is 3. The summed E-state index contributed by atoms with van der Waals surface area (Å²) >= 11 is 0. The normalized spacial score (nSPS) is 17.8. The van der Waals surface area contributed by atoms with E-state index in [-0.39, 0.29) is 17.4 Å². The Labute approximate surface area is 250 Å². The summed E-state index contributed by atoms with van der Waals surface area (Å²) in [4.78, 5) is 39.4. The first kappa shape index (κ1) is 36.5. The highest BCUT2D eigenvalue weighted by molar-refractivity contribution is 5.95. The Kier molecular flexibility index (Phi) is 13.1. The zero-order chi connectivity index (χ0) is 33.1. The first-order valence-corrected chi connectivity index (χ1v) is 13.6. The van der Waals surface area contributed by atoms with Crippen molar-refractivity contribution in [2.24, 2.45) is 5.41 Å². The van der Waals surface area contributed by atoms with Crippen molar-refractivity contribution in [3.63, 3.8) is 0 Å². The molecule has 2 N–H and O–H groups in total. The highest BCUT2D eigenvalue weighted by atomic mass is 19.4. The monoisotopic (exact) mass is 635 g/mol. The molecule has 1 aromatic heterocycles. The van der Waals surface area contributed by atoms with Crippen LogP contribution in [0.25, 0.3) is 0 Å². The van der Waals surface area contributed by atoms with E-state index in [0.717, 1.165) is 69.6 Å². The lowest BCUT2D eigenvalue weighted by Gasteiger charge is -2.38. The van der Waals surface area contributed by atoms with Crippen LogP contribution in [0.15, 0.2) is 48.8 Å². The van der Waals surface area contributed by atoms with E-state index in [4.69, 9.17) is 24.5 Å². The summed E-state index contributed by atoms with van der Waals surface area (Å²) in [7, 11) is 2.15. The molecule has 1 spiro atoms. The number of hydrogen-bond donors (Lipinski definition) is 2. The Hall–Kier alpha value is -3.72. The van der Waals surface area contributed by atoms with Crippen molar-refractivity contribution in [1.29, 1.82) is 0 Å². The molecule has 2 aliphatic heterocycles. The third-order valence-corrected chi connectivity index (χ3v) is 7.20. The van der Waals surface area contributed by atoms with E-state index in [1.807, 2.05) is 41.6 Å². The number of benzene rings is 1. The minimum absolute atomic E-state index is 0.189. The molecule has 2 fully saturated rings. The third kappa shape index (κ3) is 11.4. The first-order valence-electron chi connectivity index (χ1n) is 13.6. The molecule has 1 aromatic carbocycles. The van der Waals surface area contributed by atoms with Crippen molar-refractivity contribution >= 4 is 17.8 Å². The second-order valence-electron chi connectivity index (χ2n) is 10.6. The maximum absolute atomic E-state index is 13.0. The molecule has 15 heteroatoms. The van der Waals surface area contributed by atoms with Crippen LogP contribution in [-0.2, 0) is 27.3 Å². The number of piperidine rings is 1. The van der Waals surface area contributed by atoms with E-state index in [0.29, 0.717) is 0 Å². The molecule has 0 bridgehead atoms. The van der Waals surface area contributed by atoms with Gasteiger partial charge < -0.3 is 19.8 Å². The van der Waals surface area contributed by atoms with Crippen LogP contribution < -0.4 is 0 Å². The quantitative estimate of drug-likeness (QED) is 0.423. The van der Waals surface area contributed by atoms with E-state index in [1.165, 1.54) is 5.56 Å². The smallest absolute Gasteiger partial charge is 0.475 e. The second kappa shape index (κ2) is 15.8. The number of aliphatic carboxylic acids is 2. The predicted molar refractivity (Wildman–Crippen MR) is 146 cm³/mol. The van der Waals surface area contributed by atoms with Gasteiger partial charge in [-0.25, -0.2) is 9.59 Å². The van der Waals surface area contributed by atoms with Crippen molar-refractivity contribution in [3.05, 3.63) is 65.5 Å². The fourth-order valence-electron chi connectivity index (χ4n) is 4.97. The van der Waals surface area contributed by atoms with Gasteiger partial charge in [0.15, 0.2) is 0 Å². The molecule has 1 atom stereocenters. The summed E-state index contributed by atoms with van der Waals surface area (Å²) in [6.07, 6.45) is -2.09. The molecule has 4 rings (SSSR count). The van der Waals surface area contributed by atoms with E-state index < -0.39 is 24.3 Å². The Morgan fingerprint density at radius 1 is 1.00 bits per heavy atom. The van der Waals surface area contributed by atoms with Gasteiger partial charge in [0.1, 0.15) is 0 Å². The molecule has 3 heterocycles. The summed E-state index contributed by atoms with van der Waals surface area (Å²) in [5.74, 6) is -5.33. The maximum Gasteiger partial charge on any atom is 0.490 e. The van der Waals surface area contributed by atoms with E-state index in [9.17, 15) is 31.1 Å². The molecule has 44 heavy (non-hydrogen) atoms. The molecular formula is C29H35F6N3O6. The Morgan fingerprint density at radius 2 is 1.57 bits per heavy atom. The van der Waals surface area contributed by atoms with Gasteiger partial charge in [-0.1, -0.05) is 31.2 Å². The maximum atomic E-state index is 13.0. The van der Waals surface area contributed by atoms with Crippen LogP contribution in [-0.4, -0.2) is 94.6 Å². The van der Waals surface area contributed by atoms with Crippen LogP contribution in [0.5, 0.6) is 0 Å². The van der Waals surface area contributed by atoms with Crippen molar-refractivity contribution in [3.8, 4) is 0 Å². The highest BCUT2D eigenvalue weighted by Crippen LogP contribution is 2.42. The standard InChI is InChI=1S/C25H33N3O2.2C2HF3O2/c1-3-21-8-4-5-9-23(21)24(29)28-13-10-25(11-14-28)15-22(30-19-25)18-27(2)17-20-7-6-12-26-16-20;2*3-2(4,5)1(6)7/h4-9,12,16,22H,3,10-11,13-15,17-19H2,1-2H3;2*(H,6,7). The number of alkyl halides is 6. The average molecular weight is 636 g/mol. The molecule has 2 aromatic rings.